The quantitative estimate of drug-likeness (QED) is 0.842. The molecule has 3 N–H and O–H groups in total. The average Bonchev–Trinajstić information content (AvgIpc) is 2.83. The first-order chi connectivity index (χ1) is 9.98. The van der Waals surface area contributed by atoms with E-state index in [0.717, 1.165) is 32.2 Å². The van der Waals surface area contributed by atoms with E-state index in [9.17, 15) is 4.79 Å². The Morgan fingerprint density at radius 2 is 1.86 bits per heavy atom. The topological polar surface area (TPSA) is 58.4 Å². The molecule has 0 aliphatic heterocycles. The summed E-state index contributed by atoms with van der Waals surface area (Å²) in [7, 11) is 4.10. The average molecular weight is 289 g/mol. The van der Waals surface area contributed by atoms with Gasteiger partial charge >= 0.3 is 0 Å². The molecule has 1 aromatic carbocycles. The van der Waals surface area contributed by atoms with Gasteiger partial charge in [0, 0.05) is 25.0 Å². The van der Waals surface area contributed by atoms with Gasteiger partial charge in [-0.3, -0.25) is 4.79 Å². The van der Waals surface area contributed by atoms with E-state index in [1.807, 2.05) is 26.2 Å². The van der Waals surface area contributed by atoms with E-state index in [4.69, 9.17) is 5.73 Å². The number of nitrogens with two attached hydrogens (primary N) is 1. The molecular weight excluding hydrogens is 262 g/mol. The molecule has 1 saturated carbocycles. The summed E-state index contributed by atoms with van der Waals surface area (Å²) in [6.07, 6.45) is 4.68. The second-order valence-corrected chi connectivity index (χ2v) is 6.53. The lowest BCUT2D eigenvalue weighted by Crippen LogP contribution is -2.42. The van der Waals surface area contributed by atoms with Gasteiger partial charge in [-0.2, -0.15) is 0 Å². The van der Waals surface area contributed by atoms with Crippen LogP contribution in [0.1, 0.15) is 43.2 Å². The second-order valence-electron chi connectivity index (χ2n) is 6.53. The Kier molecular flexibility index (Phi) is 5.37. The number of carbonyl (C=O) groups is 1. The van der Waals surface area contributed by atoms with Gasteiger partial charge < -0.3 is 16.0 Å². The van der Waals surface area contributed by atoms with Gasteiger partial charge in [0.2, 0.25) is 5.91 Å². The summed E-state index contributed by atoms with van der Waals surface area (Å²) >= 11 is 0. The zero-order valence-corrected chi connectivity index (χ0v) is 13.2. The molecule has 1 aromatic rings. The number of carbonyl (C=O) groups excluding carboxylic acids is 1. The van der Waals surface area contributed by atoms with Crippen molar-refractivity contribution >= 4 is 5.91 Å². The molecule has 2 rings (SSSR count). The highest BCUT2D eigenvalue weighted by Gasteiger charge is 2.31. The third-order valence-corrected chi connectivity index (χ3v) is 4.19. The molecule has 1 aliphatic rings. The highest BCUT2D eigenvalue weighted by Crippen LogP contribution is 2.29. The van der Waals surface area contributed by atoms with Gasteiger partial charge in [0.25, 0.3) is 0 Å². The fourth-order valence-corrected chi connectivity index (χ4v) is 3.06. The Hall–Kier alpha value is -1.39. The summed E-state index contributed by atoms with van der Waals surface area (Å²) in [6, 6.07) is 8.25. The molecule has 1 fully saturated rings. The van der Waals surface area contributed by atoms with Crippen molar-refractivity contribution in [3.05, 3.63) is 35.4 Å². The van der Waals surface area contributed by atoms with E-state index in [0.29, 0.717) is 13.0 Å². The molecule has 0 radical (unpaired) electrons. The Labute approximate surface area is 127 Å². The predicted molar refractivity (Wildman–Crippen MR) is 85.7 cm³/mol. The van der Waals surface area contributed by atoms with Crippen LogP contribution in [0.3, 0.4) is 0 Å². The maximum atomic E-state index is 12.1. The van der Waals surface area contributed by atoms with E-state index in [2.05, 4.69) is 22.3 Å². The predicted octanol–water partition coefficient (Wildman–Crippen LogP) is 2.03. The van der Waals surface area contributed by atoms with E-state index < -0.39 is 0 Å². The number of rotatable bonds is 6. The van der Waals surface area contributed by atoms with Crippen molar-refractivity contribution < 1.29 is 4.79 Å². The monoisotopic (exact) mass is 289 g/mol. The smallest absolute Gasteiger partial charge is 0.222 e. The standard InChI is InChI=1S/C17H27N3O/c1-20(2)13-15-8-4-3-7-14(15)12-19-16(21)11-17(18)9-5-6-10-17/h3-4,7-8H,5-6,9-13,18H2,1-2H3,(H,19,21). The van der Waals surface area contributed by atoms with Gasteiger partial charge in [-0.05, 0) is 38.1 Å². The van der Waals surface area contributed by atoms with Crippen LogP contribution >= 0.6 is 0 Å². The van der Waals surface area contributed by atoms with Crippen molar-refractivity contribution in [2.45, 2.75) is 50.7 Å². The fourth-order valence-electron chi connectivity index (χ4n) is 3.06. The molecule has 0 aromatic heterocycles. The van der Waals surface area contributed by atoms with Crippen molar-refractivity contribution in [1.29, 1.82) is 0 Å². The third kappa shape index (κ3) is 4.83. The molecule has 0 heterocycles. The molecule has 116 valence electrons. The first kappa shape index (κ1) is 16.0. The Morgan fingerprint density at radius 1 is 1.24 bits per heavy atom. The molecule has 0 saturated heterocycles. The van der Waals surface area contributed by atoms with Crippen LogP contribution in [-0.4, -0.2) is 30.4 Å². The Bertz CT molecular complexity index is 479. The molecule has 4 nitrogen and oxygen atoms in total. The number of amides is 1. The fraction of sp³-hybridized carbons (Fsp3) is 0.588. The minimum atomic E-state index is -0.271. The summed E-state index contributed by atoms with van der Waals surface area (Å²) < 4.78 is 0. The number of nitrogens with zero attached hydrogens (tertiary/aromatic N) is 1. The second kappa shape index (κ2) is 7.05. The summed E-state index contributed by atoms with van der Waals surface area (Å²) in [5.74, 6) is 0.0686. The van der Waals surface area contributed by atoms with E-state index in [-0.39, 0.29) is 11.4 Å². The van der Waals surface area contributed by atoms with Crippen LogP contribution in [0.15, 0.2) is 24.3 Å². The molecule has 0 spiro atoms. The molecule has 1 aliphatic carbocycles. The highest BCUT2D eigenvalue weighted by atomic mass is 16.1. The van der Waals surface area contributed by atoms with Gasteiger partial charge in [0.1, 0.15) is 0 Å². The van der Waals surface area contributed by atoms with Gasteiger partial charge in [0.05, 0.1) is 0 Å². The Morgan fingerprint density at radius 3 is 2.48 bits per heavy atom. The van der Waals surface area contributed by atoms with E-state index in [1.165, 1.54) is 11.1 Å². The number of hydrogen-bond donors (Lipinski definition) is 2. The highest BCUT2D eigenvalue weighted by molar-refractivity contribution is 5.77. The maximum absolute atomic E-state index is 12.1. The van der Waals surface area contributed by atoms with Crippen molar-refractivity contribution in [1.82, 2.24) is 10.2 Å². The lowest BCUT2D eigenvalue weighted by molar-refractivity contribution is -0.122. The summed E-state index contributed by atoms with van der Waals surface area (Å²) in [5.41, 5.74) is 8.42. The molecule has 0 atom stereocenters. The molecule has 0 bridgehead atoms. The van der Waals surface area contributed by atoms with Crippen LogP contribution in [0.25, 0.3) is 0 Å². The minimum Gasteiger partial charge on any atom is -0.352 e. The van der Waals surface area contributed by atoms with Crippen molar-refractivity contribution in [3.63, 3.8) is 0 Å². The maximum Gasteiger partial charge on any atom is 0.222 e. The third-order valence-electron chi connectivity index (χ3n) is 4.19. The van der Waals surface area contributed by atoms with Gasteiger partial charge in [-0.25, -0.2) is 0 Å². The number of hydrogen-bond acceptors (Lipinski definition) is 3. The van der Waals surface area contributed by atoms with Gasteiger partial charge in [0.15, 0.2) is 0 Å². The molecular formula is C17H27N3O. The van der Waals surface area contributed by atoms with Crippen molar-refractivity contribution in [2.75, 3.05) is 14.1 Å². The van der Waals surface area contributed by atoms with Crippen LogP contribution in [0.2, 0.25) is 0 Å². The minimum absolute atomic E-state index is 0.0686. The Balaban J connectivity index is 1.89. The van der Waals surface area contributed by atoms with Crippen molar-refractivity contribution in [3.8, 4) is 0 Å². The number of benzene rings is 1. The summed E-state index contributed by atoms with van der Waals surface area (Å²) in [6.45, 7) is 1.46. The summed E-state index contributed by atoms with van der Waals surface area (Å²) in [5, 5.41) is 3.03. The molecule has 0 unspecified atom stereocenters. The molecule has 4 heteroatoms. The van der Waals surface area contributed by atoms with Crippen molar-refractivity contribution in [2.24, 2.45) is 5.73 Å². The van der Waals surface area contributed by atoms with E-state index >= 15 is 0 Å². The van der Waals surface area contributed by atoms with E-state index in [1.54, 1.807) is 0 Å². The molecule has 21 heavy (non-hydrogen) atoms. The lowest BCUT2D eigenvalue weighted by Gasteiger charge is -2.22. The summed E-state index contributed by atoms with van der Waals surface area (Å²) in [4.78, 5) is 14.2. The molecule has 1 amide bonds. The van der Waals surface area contributed by atoms with Crippen LogP contribution in [0.4, 0.5) is 0 Å². The van der Waals surface area contributed by atoms with Crippen LogP contribution < -0.4 is 11.1 Å². The normalized spacial score (nSPS) is 17.1. The number of nitrogens with one attached hydrogen (secondary N) is 1. The largest absolute Gasteiger partial charge is 0.352 e. The van der Waals surface area contributed by atoms with Crippen LogP contribution in [0.5, 0.6) is 0 Å². The van der Waals surface area contributed by atoms with Crippen LogP contribution in [0, 0.1) is 0 Å². The zero-order valence-electron chi connectivity index (χ0n) is 13.2. The SMILES string of the molecule is CN(C)Cc1ccccc1CNC(=O)CC1(N)CCCC1. The lowest BCUT2D eigenvalue weighted by atomic mass is 9.94. The zero-order chi connectivity index (χ0) is 15.3. The van der Waals surface area contributed by atoms with Gasteiger partial charge in [-0.1, -0.05) is 37.1 Å². The van der Waals surface area contributed by atoms with Gasteiger partial charge in [-0.15, -0.1) is 0 Å². The first-order valence-corrected chi connectivity index (χ1v) is 7.76. The first-order valence-electron chi connectivity index (χ1n) is 7.76. The van der Waals surface area contributed by atoms with Crippen LogP contribution in [-0.2, 0) is 17.9 Å².